The quantitative estimate of drug-likeness (QED) is 0.802. The molecule has 0 saturated heterocycles. The maximum Gasteiger partial charge on any atom is 0.223 e. The van der Waals surface area contributed by atoms with Crippen molar-refractivity contribution in [2.45, 2.75) is 6.42 Å². The van der Waals surface area contributed by atoms with Gasteiger partial charge in [0.05, 0.1) is 5.39 Å². The SMILES string of the molecule is CN(CCc1cccs1)c1nc(N)nc2sccc12. The van der Waals surface area contributed by atoms with E-state index in [9.17, 15) is 0 Å². The van der Waals surface area contributed by atoms with E-state index in [4.69, 9.17) is 5.73 Å². The van der Waals surface area contributed by atoms with Gasteiger partial charge in [-0.3, -0.25) is 0 Å². The zero-order chi connectivity index (χ0) is 13.2. The molecule has 0 aliphatic rings. The summed E-state index contributed by atoms with van der Waals surface area (Å²) < 4.78 is 0. The van der Waals surface area contributed by atoms with Crippen LogP contribution in [-0.2, 0) is 6.42 Å². The van der Waals surface area contributed by atoms with Crippen molar-refractivity contribution in [1.29, 1.82) is 0 Å². The van der Waals surface area contributed by atoms with Crippen molar-refractivity contribution in [3.05, 3.63) is 33.8 Å². The van der Waals surface area contributed by atoms with E-state index >= 15 is 0 Å². The van der Waals surface area contributed by atoms with Crippen LogP contribution in [0, 0.1) is 0 Å². The van der Waals surface area contributed by atoms with E-state index in [1.807, 2.05) is 12.4 Å². The Morgan fingerprint density at radius 3 is 2.89 bits per heavy atom. The Labute approximate surface area is 119 Å². The van der Waals surface area contributed by atoms with Gasteiger partial charge in [-0.2, -0.15) is 4.98 Å². The molecule has 4 nitrogen and oxygen atoms in total. The summed E-state index contributed by atoms with van der Waals surface area (Å²) in [5.74, 6) is 1.26. The molecule has 0 fully saturated rings. The monoisotopic (exact) mass is 290 g/mol. The minimum atomic E-state index is 0.341. The summed E-state index contributed by atoms with van der Waals surface area (Å²) in [6, 6.07) is 6.29. The van der Waals surface area contributed by atoms with Gasteiger partial charge in [0.25, 0.3) is 0 Å². The number of fused-ring (bicyclic) bond motifs is 1. The molecule has 0 saturated carbocycles. The summed E-state index contributed by atoms with van der Waals surface area (Å²) in [4.78, 5) is 13.1. The highest BCUT2D eigenvalue weighted by atomic mass is 32.1. The number of nitrogens with zero attached hydrogens (tertiary/aromatic N) is 3. The molecule has 3 aromatic heterocycles. The standard InChI is InChI=1S/C13H14N4S2/c1-17(6-4-9-3-2-7-18-9)11-10-5-8-19-12(10)16-13(14)15-11/h2-3,5,7-8H,4,6H2,1H3,(H2,14,15,16). The molecular weight excluding hydrogens is 276 g/mol. The molecule has 3 heterocycles. The highest BCUT2D eigenvalue weighted by Gasteiger charge is 2.11. The molecule has 0 spiro atoms. The van der Waals surface area contributed by atoms with Gasteiger partial charge in [0, 0.05) is 18.5 Å². The average molecular weight is 290 g/mol. The van der Waals surface area contributed by atoms with E-state index in [1.165, 1.54) is 4.88 Å². The zero-order valence-electron chi connectivity index (χ0n) is 10.5. The summed E-state index contributed by atoms with van der Waals surface area (Å²) in [6.07, 6.45) is 1.02. The molecule has 19 heavy (non-hydrogen) atoms. The number of rotatable bonds is 4. The van der Waals surface area contributed by atoms with Gasteiger partial charge in [-0.1, -0.05) is 6.07 Å². The fraction of sp³-hybridized carbons (Fsp3) is 0.231. The Morgan fingerprint density at radius 1 is 1.21 bits per heavy atom. The van der Waals surface area contributed by atoms with Gasteiger partial charge in [0.2, 0.25) is 5.95 Å². The van der Waals surface area contributed by atoms with Crippen LogP contribution in [0.25, 0.3) is 10.2 Å². The van der Waals surface area contributed by atoms with Gasteiger partial charge in [-0.15, -0.1) is 22.7 Å². The predicted octanol–water partition coefficient (Wildman–Crippen LogP) is 3.01. The van der Waals surface area contributed by atoms with Crippen LogP contribution >= 0.6 is 22.7 Å². The van der Waals surface area contributed by atoms with Crippen molar-refractivity contribution in [1.82, 2.24) is 9.97 Å². The number of hydrogen-bond acceptors (Lipinski definition) is 6. The molecule has 0 unspecified atom stereocenters. The number of likely N-dealkylation sites (N-methyl/N-ethyl adjacent to an activating group) is 1. The normalized spacial score (nSPS) is 11.0. The van der Waals surface area contributed by atoms with Crippen LogP contribution in [0.4, 0.5) is 11.8 Å². The third-order valence-electron chi connectivity index (χ3n) is 2.96. The summed E-state index contributed by atoms with van der Waals surface area (Å²) in [7, 11) is 2.05. The van der Waals surface area contributed by atoms with Crippen LogP contribution in [0.1, 0.15) is 4.88 Å². The van der Waals surface area contributed by atoms with Gasteiger partial charge in [0.15, 0.2) is 0 Å². The fourth-order valence-electron chi connectivity index (χ4n) is 1.99. The van der Waals surface area contributed by atoms with Crippen LogP contribution < -0.4 is 10.6 Å². The lowest BCUT2D eigenvalue weighted by atomic mass is 10.3. The summed E-state index contributed by atoms with van der Waals surface area (Å²) >= 11 is 3.38. The fourth-order valence-corrected chi connectivity index (χ4v) is 3.45. The number of anilines is 2. The first-order chi connectivity index (χ1) is 9.24. The molecule has 0 amide bonds. The van der Waals surface area contributed by atoms with Gasteiger partial charge in [-0.05, 0) is 29.3 Å². The van der Waals surface area contributed by atoms with E-state index in [-0.39, 0.29) is 0 Å². The summed E-state index contributed by atoms with van der Waals surface area (Å²) in [5, 5.41) is 5.21. The Kier molecular flexibility index (Phi) is 3.35. The van der Waals surface area contributed by atoms with E-state index < -0.39 is 0 Å². The zero-order valence-corrected chi connectivity index (χ0v) is 12.2. The van der Waals surface area contributed by atoms with Gasteiger partial charge in [-0.25, -0.2) is 4.98 Å². The minimum absolute atomic E-state index is 0.341. The molecule has 0 atom stereocenters. The molecule has 98 valence electrons. The number of hydrogen-bond donors (Lipinski definition) is 1. The average Bonchev–Trinajstić information content (AvgIpc) is 3.05. The van der Waals surface area contributed by atoms with Gasteiger partial charge < -0.3 is 10.6 Å². The first-order valence-electron chi connectivity index (χ1n) is 5.98. The van der Waals surface area contributed by atoms with Crippen LogP contribution in [0.15, 0.2) is 29.0 Å². The van der Waals surface area contributed by atoms with Crippen molar-refractivity contribution in [3.8, 4) is 0 Å². The Hall–Kier alpha value is -1.66. The first-order valence-corrected chi connectivity index (χ1v) is 7.74. The molecule has 2 N–H and O–H groups in total. The summed E-state index contributed by atoms with van der Waals surface area (Å²) in [5.41, 5.74) is 5.77. The Morgan fingerprint density at radius 2 is 2.11 bits per heavy atom. The van der Waals surface area contributed by atoms with Crippen molar-refractivity contribution >= 4 is 44.7 Å². The van der Waals surface area contributed by atoms with Crippen LogP contribution in [0.2, 0.25) is 0 Å². The molecular formula is C13H14N4S2. The number of nitrogens with two attached hydrogens (primary N) is 1. The molecule has 0 radical (unpaired) electrons. The lowest BCUT2D eigenvalue weighted by molar-refractivity contribution is 0.873. The van der Waals surface area contributed by atoms with Crippen LogP contribution in [-0.4, -0.2) is 23.6 Å². The first kappa shape index (κ1) is 12.4. The molecule has 0 aliphatic heterocycles. The smallest absolute Gasteiger partial charge is 0.223 e. The maximum atomic E-state index is 5.77. The lowest BCUT2D eigenvalue weighted by Gasteiger charge is -2.18. The lowest BCUT2D eigenvalue weighted by Crippen LogP contribution is -2.22. The van der Waals surface area contributed by atoms with Crippen molar-refractivity contribution in [2.24, 2.45) is 0 Å². The molecule has 3 aromatic rings. The molecule has 0 aromatic carbocycles. The number of thiophene rings is 2. The van der Waals surface area contributed by atoms with Gasteiger partial charge >= 0.3 is 0 Å². The van der Waals surface area contributed by atoms with Crippen molar-refractivity contribution in [3.63, 3.8) is 0 Å². The van der Waals surface area contributed by atoms with Crippen LogP contribution in [0.3, 0.4) is 0 Å². The van der Waals surface area contributed by atoms with E-state index in [0.717, 1.165) is 29.0 Å². The molecule has 0 aliphatic carbocycles. The van der Waals surface area contributed by atoms with Crippen LogP contribution in [0.5, 0.6) is 0 Å². The minimum Gasteiger partial charge on any atom is -0.368 e. The third kappa shape index (κ3) is 2.54. The largest absolute Gasteiger partial charge is 0.368 e. The van der Waals surface area contributed by atoms with Crippen molar-refractivity contribution in [2.75, 3.05) is 24.2 Å². The van der Waals surface area contributed by atoms with Gasteiger partial charge in [0.1, 0.15) is 10.6 Å². The number of nitrogen functional groups attached to an aromatic ring is 1. The highest BCUT2D eigenvalue weighted by molar-refractivity contribution is 7.16. The second-order valence-corrected chi connectivity index (χ2v) is 6.22. The molecule has 3 rings (SSSR count). The van der Waals surface area contributed by atoms with E-state index in [2.05, 4.69) is 38.4 Å². The highest BCUT2D eigenvalue weighted by Crippen LogP contribution is 2.28. The maximum absolute atomic E-state index is 5.77. The van der Waals surface area contributed by atoms with E-state index in [0.29, 0.717) is 5.95 Å². The number of aromatic nitrogens is 2. The van der Waals surface area contributed by atoms with E-state index in [1.54, 1.807) is 22.7 Å². The summed E-state index contributed by atoms with van der Waals surface area (Å²) in [6.45, 7) is 0.919. The molecule has 0 bridgehead atoms. The van der Waals surface area contributed by atoms with Crippen molar-refractivity contribution < 1.29 is 0 Å². The molecule has 6 heteroatoms. The Balaban J connectivity index is 1.84. The second-order valence-electron chi connectivity index (χ2n) is 4.30. The third-order valence-corrected chi connectivity index (χ3v) is 4.70. The second kappa shape index (κ2) is 5.14. The topological polar surface area (TPSA) is 55.0 Å². The Bertz CT molecular complexity index is 675. The predicted molar refractivity (Wildman–Crippen MR) is 83.1 cm³/mol.